The van der Waals surface area contributed by atoms with E-state index in [2.05, 4.69) is 10.6 Å². The van der Waals surface area contributed by atoms with Gasteiger partial charge in [0.1, 0.15) is 0 Å². The Morgan fingerprint density at radius 2 is 2.18 bits per heavy atom. The SMILES string of the molecule is CN[C@]1(CCO)C2CNC[C@@H]21. The first-order valence-electron chi connectivity index (χ1n) is 4.35. The molecule has 2 rings (SSSR count). The molecule has 2 fully saturated rings. The predicted molar refractivity (Wildman–Crippen MR) is 43.3 cm³/mol. The molecule has 0 bridgehead atoms. The molecule has 1 saturated carbocycles. The van der Waals surface area contributed by atoms with Crippen molar-refractivity contribution in [2.45, 2.75) is 12.0 Å². The molecule has 3 atom stereocenters. The number of nitrogens with one attached hydrogen (secondary N) is 2. The summed E-state index contributed by atoms with van der Waals surface area (Å²) in [5.74, 6) is 1.55. The highest BCUT2D eigenvalue weighted by atomic mass is 16.3. The first-order valence-corrected chi connectivity index (χ1v) is 4.35. The lowest BCUT2D eigenvalue weighted by Gasteiger charge is -2.19. The van der Waals surface area contributed by atoms with Crippen molar-refractivity contribution in [3.05, 3.63) is 0 Å². The maximum absolute atomic E-state index is 8.87. The van der Waals surface area contributed by atoms with E-state index in [9.17, 15) is 0 Å². The zero-order chi connectivity index (χ0) is 7.90. The van der Waals surface area contributed by atoms with Gasteiger partial charge < -0.3 is 15.7 Å². The zero-order valence-corrected chi connectivity index (χ0v) is 6.93. The summed E-state index contributed by atoms with van der Waals surface area (Å²) in [5.41, 5.74) is 0.292. The summed E-state index contributed by atoms with van der Waals surface area (Å²) in [6.07, 6.45) is 0.917. The fourth-order valence-corrected chi connectivity index (χ4v) is 2.70. The van der Waals surface area contributed by atoms with Gasteiger partial charge in [-0.05, 0) is 25.3 Å². The van der Waals surface area contributed by atoms with E-state index >= 15 is 0 Å². The summed E-state index contributed by atoms with van der Waals surface area (Å²) < 4.78 is 0. The van der Waals surface area contributed by atoms with Gasteiger partial charge in [0.05, 0.1) is 0 Å². The van der Waals surface area contributed by atoms with E-state index in [-0.39, 0.29) is 0 Å². The average Bonchev–Trinajstić information content (AvgIpc) is 2.49. The van der Waals surface area contributed by atoms with Crippen molar-refractivity contribution in [3.8, 4) is 0 Å². The Balaban J connectivity index is 2.00. The maximum atomic E-state index is 8.87. The monoisotopic (exact) mass is 156 g/mol. The Bertz CT molecular complexity index is 150. The van der Waals surface area contributed by atoms with Crippen LogP contribution in [0, 0.1) is 11.8 Å². The van der Waals surface area contributed by atoms with Crippen LogP contribution >= 0.6 is 0 Å². The van der Waals surface area contributed by atoms with Crippen LogP contribution in [0.25, 0.3) is 0 Å². The molecule has 64 valence electrons. The van der Waals surface area contributed by atoms with Crippen LogP contribution in [0.5, 0.6) is 0 Å². The molecule has 0 aromatic carbocycles. The molecule has 0 aromatic heterocycles. The molecule has 3 N–H and O–H groups in total. The quantitative estimate of drug-likeness (QED) is 0.500. The minimum absolute atomic E-state index is 0.292. The first kappa shape index (κ1) is 7.53. The number of hydrogen-bond acceptors (Lipinski definition) is 3. The van der Waals surface area contributed by atoms with Crippen LogP contribution in [-0.4, -0.2) is 37.4 Å². The smallest absolute Gasteiger partial charge is 0.0448 e. The average molecular weight is 156 g/mol. The molecule has 1 aliphatic carbocycles. The molecule has 0 amide bonds. The number of aliphatic hydroxyl groups is 1. The van der Waals surface area contributed by atoms with E-state index in [1.54, 1.807) is 0 Å². The van der Waals surface area contributed by atoms with Gasteiger partial charge in [0.2, 0.25) is 0 Å². The minimum atomic E-state index is 0.292. The lowest BCUT2D eigenvalue weighted by molar-refractivity contribution is 0.247. The van der Waals surface area contributed by atoms with Gasteiger partial charge in [0.15, 0.2) is 0 Å². The molecule has 3 nitrogen and oxygen atoms in total. The van der Waals surface area contributed by atoms with E-state index in [0.29, 0.717) is 12.1 Å². The molecule has 1 aliphatic heterocycles. The van der Waals surface area contributed by atoms with Crippen molar-refractivity contribution in [1.82, 2.24) is 10.6 Å². The molecule has 1 heterocycles. The predicted octanol–water partition coefficient (Wildman–Crippen LogP) is -0.824. The number of fused-ring (bicyclic) bond motifs is 1. The molecule has 0 aromatic rings. The van der Waals surface area contributed by atoms with E-state index in [1.165, 1.54) is 0 Å². The topological polar surface area (TPSA) is 44.3 Å². The highest BCUT2D eigenvalue weighted by Gasteiger charge is 2.64. The number of piperidine rings is 1. The van der Waals surface area contributed by atoms with Gasteiger partial charge >= 0.3 is 0 Å². The van der Waals surface area contributed by atoms with Crippen LogP contribution in [0.3, 0.4) is 0 Å². The van der Waals surface area contributed by atoms with Gasteiger partial charge in [-0.15, -0.1) is 0 Å². The Morgan fingerprint density at radius 3 is 2.64 bits per heavy atom. The van der Waals surface area contributed by atoms with Crippen molar-refractivity contribution >= 4 is 0 Å². The number of hydrogen-bond donors (Lipinski definition) is 3. The summed E-state index contributed by atoms with van der Waals surface area (Å²) >= 11 is 0. The second-order valence-corrected chi connectivity index (χ2v) is 3.64. The number of rotatable bonds is 3. The molecule has 0 radical (unpaired) electrons. The van der Waals surface area contributed by atoms with Crippen molar-refractivity contribution < 1.29 is 5.11 Å². The highest BCUT2D eigenvalue weighted by molar-refractivity contribution is 5.21. The molecular weight excluding hydrogens is 140 g/mol. The minimum Gasteiger partial charge on any atom is -0.396 e. The van der Waals surface area contributed by atoms with Crippen molar-refractivity contribution in [2.75, 3.05) is 26.7 Å². The largest absolute Gasteiger partial charge is 0.396 e. The fourth-order valence-electron chi connectivity index (χ4n) is 2.70. The van der Waals surface area contributed by atoms with Gasteiger partial charge in [-0.2, -0.15) is 0 Å². The molecule has 1 saturated heterocycles. The molecule has 2 aliphatic rings. The molecule has 1 unspecified atom stereocenters. The van der Waals surface area contributed by atoms with E-state index in [0.717, 1.165) is 31.3 Å². The van der Waals surface area contributed by atoms with Gasteiger partial charge in [-0.1, -0.05) is 0 Å². The molecule has 3 heteroatoms. The van der Waals surface area contributed by atoms with Crippen LogP contribution in [-0.2, 0) is 0 Å². The first-order chi connectivity index (χ1) is 5.35. The normalized spacial score (nSPS) is 47.5. The third kappa shape index (κ3) is 0.849. The van der Waals surface area contributed by atoms with Crippen molar-refractivity contribution in [1.29, 1.82) is 0 Å². The Morgan fingerprint density at radius 1 is 1.55 bits per heavy atom. The lowest BCUT2D eigenvalue weighted by atomic mass is 10.1. The number of aliphatic hydroxyl groups excluding tert-OH is 1. The van der Waals surface area contributed by atoms with Crippen LogP contribution in [0.1, 0.15) is 6.42 Å². The van der Waals surface area contributed by atoms with E-state index in [4.69, 9.17) is 5.11 Å². The third-order valence-electron chi connectivity index (χ3n) is 3.42. The highest BCUT2D eigenvalue weighted by Crippen LogP contribution is 2.54. The van der Waals surface area contributed by atoms with Gasteiger partial charge in [0, 0.05) is 25.2 Å². The molecular formula is C8H16N2O. The van der Waals surface area contributed by atoms with Gasteiger partial charge in [-0.3, -0.25) is 0 Å². The van der Waals surface area contributed by atoms with Crippen molar-refractivity contribution in [2.24, 2.45) is 11.8 Å². The summed E-state index contributed by atoms with van der Waals surface area (Å²) in [7, 11) is 2.01. The summed E-state index contributed by atoms with van der Waals surface area (Å²) in [6, 6.07) is 0. The Kier molecular flexibility index (Phi) is 1.67. The zero-order valence-electron chi connectivity index (χ0n) is 6.93. The van der Waals surface area contributed by atoms with Crippen LogP contribution < -0.4 is 10.6 Å². The summed E-state index contributed by atoms with van der Waals surface area (Å²) in [5, 5.41) is 15.6. The van der Waals surface area contributed by atoms with Crippen LogP contribution in [0.15, 0.2) is 0 Å². The second kappa shape index (κ2) is 2.44. The molecule has 0 spiro atoms. The Hall–Kier alpha value is -0.120. The maximum Gasteiger partial charge on any atom is 0.0448 e. The van der Waals surface area contributed by atoms with Crippen LogP contribution in [0.2, 0.25) is 0 Å². The standard InChI is InChI=1S/C8H16N2O/c1-9-8(2-3-11)6-4-10-5-7(6)8/h6-7,9-11H,2-5H2,1H3/t6-,7?,8-/m0/s1. The third-order valence-corrected chi connectivity index (χ3v) is 3.42. The molecule has 11 heavy (non-hydrogen) atoms. The van der Waals surface area contributed by atoms with Crippen molar-refractivity contribution in [3.63, 3.8) is 0 Å². The van der Waals surface area contributed by atoms with Gasteiger partial charge in [0.25, 0.3) is 0 Å². The fraction of sp³-hybridized carbons (Fsp3) is 1.00. The second-order valence-electron chi connectivity index (χ2n) is 3.64. The summed E-state index contributed by atoms with van der Waals surface area (Å²) in [4.78, 5) is 0. The van der Waals surface area contributed by atoms with E-state index < -0.39 is 0 Å². The van der Waals surface area contributed by atoms with Gasteiger partial charge in [-0.25, -0.2) is 0 Å². The lowest BCUT2D eigenvalue weighted by Crippen LogP contribution is -2.38. The van der Waals surface area contributed by atoms with Crippen LogP contribution in [0.4, 0.5) is 0 Å². The Labute approximate surface area is 67.2 Å². The van der Waals surface area contributed by atoms with E-state index in [1.807, 2.05) is 7.05 Å². The summed E-state index contributed by atoms with van der Waals surface area (Å²) in [6.45, 7) is 2.57.